The van der Waals surface area contributed by atoms with Gasteiger partial charge in [0, 0.05) is 38.3 Å². The maximum atomic E-state index is 12.5. The van der Waals surface area contributed by atoms with Crippen LogP contribution in [0.1, 0.15) is 77.7 Å². The van der Waals surface area contributed by atoms with E-state index in [1.165, 1.54) is 57.6 Å². The first-order chi connectivity index (χ1) is 15.3. The number of nitriles is 1. The second kappa shape index (κ2) is 14.8. The first-order valence-corrected chi connectivity index (χ1v) is 11.7. The zero-order chi connectivity index (χ0) is 24.0. The van der Waals surface area contributed by atoms with Crippen LogP contribution >= 0.6 is 0 Å². The van der Waals surface area contributed by atoms with E-state index < -0.39 is 11.7 Å². The van der Waals surface area contributed by atoms with Crippen molar-refractivity contribution in [1.29, 1.82) is 5.26 Å². The van der Waals surface area contributed by atoms with E-state index in [2.05, 4.69) is 11.8 Å². The van der Waals surface area contributed by atoms with Crippen molar-refractivity contribution in [2.75, 3.05) is 24.5 Å². The Labute approximate surface area is 191 Å². The Morgan fingerprint density at radius 2 is 1.69 bits per heavy atom. The summed E-state index contributed by atoms with van der Waals surface area (Å²) < 4.78 is 37.4. The van der Waals surface area contributed by atoms with Crippen molar-refractivity contribution in [2.45, 2.75) is 84.4 Å². The predicted octanol–water partition coefficient (Wildman–Crippen LogP) is 6.66. The molecule has 1 aromatic carbocycles. The molecule has 7 heteroatoms. The van der Waals surface area contributed by atoms with Crippen molar-refractivity contribution in [2.24, 2.45) is 5.92 Å². The molecule has 1 saturated carbocycles. The molecular formula is C25H38F3N3O. The molecule has 1 amide bonds. The normalized spacial score (nSPS) is 18.9. The molecule has 0 aromatic heterocycles. The van der Waals surface area contributed by atoms with Gasteiger partial charge in [-0.05, 0) is 62.8 Å². The van der Waals surface area contributed by atoms with Gasteiger partial charge in [0.15, 0.2) is 0 Å². The average Bonchev–Trinajstić information content (AvgIpc) is 2.81. The molecule has 1 aliphatic heterocycles. The number of amides is 1. The minimum absolute atomic E-state index is 0.547. The molecule has 0 radical (unpaired) electrons. The van der Waals surface area contributed by atoms with E-state index in [0.717, 1.165) is 44.6 Å². The van der Waals surface area contributed by atoms with Crippen LogP contribution in [0.25, 0.3) is 0 Å². The number of alkyl halides is 3. The van der Waals surface area contributed by atoms with Crippen molar-refractivity contribution in [3.63, 3.8) is 0 Å². The zero-order valence-electron chi connectivity index (χ0n) is 19.7. The van der Waals surface area contributed by atoms with Crippen molar-refractivity contribution in [3.05, 3.63) is 29.8 Å². The van der Waals surface area contributed by atoms with Gasteiger partial charge in [0.05, 0.1) is 11.6 Å². The van der Waals surface area contributed by atoms with Gasteiger partial charge in [-0.25, -0.2) is 0 Å². The maximum absolute atomic E-state index is 12.5. The van der Waals surface area contributed by atoms with Crippen LogP contribution in [0.3, 0.4) is 0 Å². The Morgan fingerprint density at radius 1 is 1.09 bits per heavy atom. The summed E-state index contributed by atoms with van der Waals surface area (Å²) in [4.78, 5) is 14.7. The van der Waals surface area contributed by atoms with Gasteiger partial charge in [0.25, 0.3) is 0 Å². The number of anilines is 1. The Morgan fingerprint density at radius 3 is 2.16 bits per heavy atom. The Hall–Kier alpha value is -2.23. The van der Waals surface area contributed by atoms with Crippen LogP contribution in [-0.4, -0.2) is 37.0 Å². The number of halogens is 3. The number of hydrogen-bond donors (Lipinski definition) is 0. The Bertz CT molecular complexity index is 679. The maximum Gasteiger partial charge on any atom is 0.416 e. The third kappa shape index (κ3) is 9.50. The topological polar surface area (TPSA) is 47.3 Å². The number of piperidine rings is 1. The molecule has 1 aromatic rings. The molecule has 0 N–H and O–H groups in total. The summed E-state index contributed by atoms with van der Waals surface area (Å²) in [7, 11) is 0. The van der Waals surface area contributed by atoms with Crippen molar-refractivity contribution in [3.8, 4) is 6.07 Å². The summed E-state index contributed by atoms with van der Waals surface area (Å²) in [6.07, 6.45) is 6.63. The van der Waals surface area contributed by atoms with E-state index in [-0.39, 0.29) is 0 Å². The number of hydrogen-bond acceptors (Lipinski definition) is 3. The highest BCUT2D eigenvalue weighted by atomic mass is 19.4. The third-order valence-corrected chi connectivity index (χ3v) is 6.20. The van der Waals surface area contributed by atoms with Gasteiger partial charge >= 0.3 is 6.18 Å². The minimum Gasteiger partial charge on any atom is -0.371 e. The van der Waals surface area contributed by atoms with Gasteiger partial charge in [0.1, 0.15) is 0 Å². The van der Waals surface area contributed by atoms with E-state index in [1.54, 1.807) is 18.2 Å². The molecule has 2 fully saturated rings. The summed E-state index contributed by atoms with van der Waals surface area (Å²) in [6.45, 7) is 8.42. The van der Waals surface area contributed by atoms with Crippen LogP contribution in [0.2, 0.25) is 0 Å². The molecule has 2 aliphatic rings. The highest BCUT2D eigenvalue weighted by Gasteiger charge is 2.30. The Kier molecular flexibility index (Phi) is 12.8. The molecule has 4 nitrogen and oxygen atoms in total. The van der Waals surface area contributed by atoms with Crippen LogP contribution in [0.4, 0.5) is 18.9 Å². The lowest BCUT2D eigenvalue weighted by atomic mass is 9.94. The fourth-order valence-electron chi connectivity index (χ4n) is 4.33. The van der Waals surface area contributed by atoms with Crippen LogP contribution in [0.5, 0.6) is 0 Å². The van der Waals surface area contributed by atoms with Crippen LogP contribution < -0.4 is 4.90 Å². The first-order valence-electron chi connectivity index (χ1n) is 11.7. The van der Waals surface area contributed by atoms with Crippen LogP contribution in [-0.2, 0) is 11.0 Å². The van der Waals surface area contributed by atoms with Gasteiger partial charge in [-0.1, -0.05) is 32.6 Å². The van der Waals surface area contributed by atoms with Gasteiger partial charge in [-0.2, -0.15) is 18.4 Å². The summed E-state index contributed by atoms with van der Waals surface area (Å²) in [5.74, 6) is 0.668. The number of benzene rings is 1. The number of rotatable bonds is 5. The largest absolute Gasteiger partial charge is 0.416 e. The Balaban J connectivity index is 0.000000312. The molecule has 32 heavy (non-hydrogen) atoms. The molecule has 180 valence electrons. The third-order valence-electron chi connectivity index (χ3n) is 6.20. The molecule has 3 rings (SSSR count). The van der Waals surface area contributed by atoms with Gasteiger partial charge in [-0.3, -0.25) is 4.79 Å². The standard InChI is InChI=1S/C14H18F3N.C9H17NO.C2H3N/c1-2-11-4-3-9-18(10-11)13-7-5-12(6-8-13)14(15,16)17;1-2-10(8-11)9-6-4-3-5-7-9;1-2-3/h5-8,11H,2-4,9-10H2,1H3;8-9H,2-7H2,1H3;1H3. The average molecular weight is 454 g/mol. The number of carbonyl (C=O) groups excluding carboxylic acids is 1. The van der Waals surface area contributed by atoms with E-state index in [4.69, 9.17) is 5.26 Å². The quantitative estimate of drug-likeness (QED) is 0.468. The summed E-state index contributed by atoms with van der Waals surface area (Å²) in [5, 5.41) is 7.32. The summed E-state index contributed by atoms with van der Waals surface area (Å²) in [6, 6.07) is 7.81. The number of carbonyl (C=O) groups is 1. The fraction of sp³-hybridized carbons (Fsp3) is 0.680. The monoisotopic (exact) mass is 453 g/mol. The van der Waals surface area contributed by atoms with Crippen molar-refractivity contribution < 1.29 is 18.0 Å². The second-order valence-electron chi connectivity index (χ2n) is 8.36. The van der Waals surface area contributed by atoms with E-state index in [1.807, 2.05) is 11.8 Å². The van der Waals surface area contributed by atoms with Crippen molar-refractivity contribution >= 4 is 12.1 Å². The molecule has 1 heterocycles. The van der Waals surface area contributed by atoms with Gasteiger partial charge in [0.2, 0.25) is 6.41 Å². The fourth-order valence-corrected chi connectivity index (χ4v) is 4.33. The smallest absolute Gasteiger partial charge is 0.371 e. The lowest BCUT2D eigenvalue weighted by molar-refractivity contribution is -0.137. The van der Waals surface area contributed by atoms with E-state index in [0.29, 0.717) is 12.0 Å². The molecule has 1 saturated heterocycles. The summed E-state index contributed by atoms with van der Waals surface area (Å²) >= 11 is 0. The molecule has 0 spiro atoms. The van der Waals surface area contributed by atoms with Crippen molar-refractivity contribution in [1.82, 2.24) is 4.90 Å². The van der Waals surface area contributed by atoms with E-state index in [9.17, 15) is 18.0 Å². The highest BCUT2D eigenvalue weighted by Crippen LogP contribution is 2.31. The number of nitrogens with zero attached hydrogens (tertiary/aromatic N) is 3. The molecule has 0 bridgehead atoms. The predicted molar refractivity (Wildman–Crippen MR) is 123 cm³/mol. The lowest BCUT2D eigenvalue weighted by Gasteiger charge is -2.34. The lowest BCUT2D eigenvalue weighted by Crippen LogP contribution is -2.35. The summed E-state index contributed by atoms with van der Waals surface area (Å²) in [5.41, 5.74) is 0.330. The van der Waals surface area contributed by atoms with Crippen LogP contribution in [0, 0.1) is 17.2 Å². The highest BCUT2D eigenvalue weighted by molar-refractivity contribution is 5.48. The second-order valence-corrected chi connectivity index (χ2v) is 8.36. The SMILES string of the molecule is CC#N.CCC1CCCN(c2ccc(C(F)(F)F)cc2)C1.CCN(C=O)C1CCCCC1. The molecule has 1 atom stereocenters. The first kappa shape index (κ1) is 27.8. The zero-order valence-corrected chi connectivity index (χ0v) is 19.7. The van der Waals surface area contributed by atoms with Gasteiger partial charge in [-0.15, -0.1) is 0 Å². The van der Waals surface area contributed by atoms with Crippen LogP contribution in [0.15, 0.2) is 24.3 Å². The molecule has 1 unspecified atom stereocenters. The van der Waals surface area contributed by atoms with E-state index >= 15 is 0 Å². The minimum atomic E-state index is -4.24. The molecular weight excluding hydrogens is 415 g/mol. The molecule has 1 aliphatic carbocycles. The van der Waals surface area contributed by atoms with Gasteiger partial charge < -0.3 is 9.80 Å².